The lowest BCUT2D eigenvalue weighted by molar-refractivity contribution is -0.0495. The van der Waals surface area contributed by atoms with Crippen LogP contribution in [0.3, 0.4) is 0 Å². The maximum Gasteiger partial charge on any atom is 0.248 e. The second-order valence-electron chi connectivity index (χ2n) is 5.75. The molecule has 1 saturated carbocycles. The van der Waals surface area contributed by atoms with Crippen LogP contribution in [-0.2, 0) is 0 Å². The molecule has 0 amide bonds. The van der Waals surface area contributed by atoms with Crippen LogP contribution in [0, 0.1) is 19.8 Å². The fourth-order valence-corrected chi connectivity index (χ4v) is 3.15. The SMILES string of the molecule is CNC(c1cccc(C)c1C)C1CCC(F)(F)CC1. The van der Waals surface area contributed by atoms with Crippen LogP contribution in [0.5, 0.6) is 0 Å². The van der Waals surface area contributed by atoms with Gasteiger partial charge in [-0.3, -0.25) is 0 Å². The summed E-state index contributed by atoms with van der Waals surface area (Å²) >= 11 is 0. The van der Waals surface area contributed by atoms with Crippen LogP contribution in [0.4, 0.5) is 8.78 Å². The van der Waals surface area contributed by atoms with Gasteiger partial charge in [0, 0.05) is 18.9 Å². The molecule has 1 unspecified atom stereocenters. The smallest absolute Gasteiger partial charge is 0.248 e. The van der Waals surface area contributed by atoms with Gasteiger partial charge in [0.15, 0.2) is 0 Å². The molecule has 1 nitrogen and oxygen atoms in total. The Morgan fingerprint density at radius 1 is 1.21 bits per heavy atom. The number of aryl methyl sites for hydroxylation is 1. The van der Waals surface area contributed by atoms with Crippen LogP contribution >= 0.6 is 0 Å². The van der Waals surface area contributed by atoms with E-state index in [0.29, 0.717) is 18.8 Å². The summed E-state index contributed by atoms with van der Waals surface area (Å²) in [6.07, 6.45) is 1.26. The largest absolute Gasteiger partial charge is 0.313 e. The average Bonchev–Trinajstić information content (AvgIpc) is 2.37. The summed E-state index contributed by atoms with van der Waals surface area (Å²) in [5, 5.41) is 3.34. The molecule has 0 heterocycles. The normalized spacial score (nSPS) is 21.3. The molecule has 106 valence electrons. The molecule has 0 aromatic heterocycles. The van der Waals surface area contributed by atoms with Gasteiger partial charge in [0.1, 0.15) is 0 Å². The van der Waals surface area contributed by atoms with Crippen LogP contribution in [-0.4, -0.2) is 13.0 Å². The molecule has 0 saturated heterocycles. The van der Waals surface area contributed by atoms with E-state index in [0.717, 1.165) is 0 Å². The van der Waals surface area contributed by atoms with E-state index in [-0.39, 0.29) is 18.9 Å². The molecule has 0 radical (unpaired) electrons. The predicted octanol–water partition coefficient (Wildman–Crippen LogP) is 4.39. The number of nitrogens with one attached hydrogen (secondary N) is 1. The molecule has 1 aromatic rings. The highest BCUT2D eigenvalue weighted by atomic mass is 19.3. The fraction of sp³-hybridized carbons (Fsp3) is 0.625. The van der Waals surface area contributed by atoms with Crippen molar-refractivity contribution >= 4 is 0 Å². The van der Waals surface area contributed by atoms with Crippen LogP contribution < -0.4 is 5.32 Å². The molecule has 19 heavy (non-hydrogen) atoms. The summed E-state index contributed by atoms with van der Waals surface area (Å²) in [5.74, 6) is -2.14. The molecule has 1 fully saturated rings. The minimum atomic E-state index is -2.45. The lowest BCUT2D eigenvalue weighted by Gasteiger charge is -2.34. The topological polar surface area (TPSA) is 12.0 Å². The second kappa shape index (κ2) is 5.58. The highest BCUT2D eigenvalue weighted by molar-refractivity contribution is 5.35. The van der Waals surface area contributed by atoms with E-state index >= 15 is 0 Å². The lowest BCUT2D eigenvalue weighted by Crippen LogP contribution is -2.33. The van der Waals surface area contributed by atoms with Crippen molar-refractivity contribution in [3.05, 3.63) is 34.9 Å². The van der Waals surface area contributed by atoms with Gasteiger partial charge < -0.3 is 5.32 Å². The number of rotatable bonds is 3. The molecule has 1 aliphatic rings. The van der Waals surface area contributed by atoms with Gasteiger partial charge in [-0.25, -0.2) is 8.78 Å². The van der Waals surface area contributed by atoms with Gasteiger partial charge >= 0.3 is 0 Å². The Balaban J connectivity index is 2.19. The van der Waals surface area contributed by atoms with Crippen molar-refractivity contribution < 1.29 is 8.78 Å². The van der Waals surface area contributed by atoms with Crippen LogP contribution in [0.2, 0.25) is 0 Å². The van der Waals surface area contributed by atoms with Gasteiger partial charge in [-0.05, 0) is 56.3 Å². The molecule has 1 aromatic carbocycles. The maximum atomic E-state index is 13.3. The van der Waals surface area contributed by atoms with Crippen molar-refractivity contribution in [2.24, 2.45) is 5.92 Å². The standard InChI is InChI=1S/C16H23F2N/c1-11-5-4-6-14(12(11)2)15(19-3)13-7-9-16(17,18)10-8-13/h4-6,13,15,19H,7-10H2,1-3H3. The Kier molecular flexibility index (Phi) is 4.24. The van der Waals surface area contributed by atoms with E-state index in [1.807, 2.05) is 7.05 Å². The Hall–Kier alpha value is -0.960. The molecule has 0 bridgehead atoms. The zero-order valence-corrected chi connectivity index (χ0v) is 12.0. The third-order valence-electron chi connectivity index (χ3n) is 4.53. The molecule has 1 N–H and O–H groups in total. The van der Waals surface area contributed by atoms with Gasteiger partial charge in [-0.2, -0.15) is 0 Å². The number of alkyl halides is 2. The Morgan fingerprint density at radius 2 is 1.84 bits per heavy atom. The summed E-state index contributed by atoms with van der Waals surface area (Å²) in [6.45, 7) is 4.22. The molecule has 1 atom stereocenters. The first-order chi connectivity index (χ1) is 8.94. The van der Waals surface area contributed by atoms with E-state index in [1.54, 1.807) is 0 Å². The van der Waals surface area contributed by atoms with Crippen LogP contribution in [0.15, 0.2) is 18.2 Å². The zero-order valence-electron chi connectivity index (χ0n) is 12.0. The Bertz CT molecular complexity index is 432. The van der Waals surface area contributed by atoms with E-state index in [9.17, 15) is 8.78 Å². The monoisotopic (exact) mass is 267 g/mol. The van der Waals surface area contributed by atoms with E-state index in [1.165, 1.54) is 16.7 Å². The van der Waals surface area contributed by atoms with Crippen molar-refractivity contribution in [1.29, 1.82) is 0 Å². The van der Waals surface area contributed by atoms with E-state index in [2.05, 4.69) is 37.4 Å². The van der Waals surface area contributed by atoms with Crippen molar-refractivity contribution in [2.45, 2.75) is 51.5 Å². The van der Waals surface area contributed by atoms with E-state index < -0.39 is 5.92 Å². The quantitative estimate of drug-likeness (QED) is 0.856. The van der Waals surface area contributed by atoms with Gasteiger partial charge in [-0.15, -0.1) is 0 Å². The molecular formula is C16H23F2N. The minimum absolute atomic E-state index is 0.0285. The molecule has 2 rings (SSSR count). The highest BCUT2D eigenvalue weighted by Crippen LogP contribution is 2.41. The lowest BCUT2D eigenvalue weighted by atomic mass is 9.78. The fourth-order valence-electron chi connectivity index (χ4n) is 3.15. The van der Waals surface area contributed by atoms with Crippen LogP contribution in [0.1, 0.15) is 48.4 Å². The number of hydrogen-bond donors (Lipinski definition) is 1. The number of hydrogen-bond acceptors (Lipinski definition) is 1. The molecule has 0 spiro atoms. The summed E-state index contributed by atoms with van der Waals surface area (Å²) in [7, 11) is 1.93. The number of halogens is 2. The maximum absolute atomic E-state index is 13.3. The Labute approximate surface area is 114 Å². The average molecular weight is 267 g/mol. The Morgan fingerprint density at radius 3 is 2.42 bits per heavy atom. The molecular weight excluding hydrogens is 244 g/mol. The van der Waals surface area contributed by atoms with Gasteiger partial charge in [0.2, 0.25) is 5.92 Å². The van der Waals surface area contributed by atoms with Crippen molar-refractivity contribution in [1.82, 2.24) is 5.32 Å². The molecule has 0 aliphatic heterocycles. The van der Waals surface area contributed by atoms with Crippen molar-refractivity contribution in [3.8, 4) is 0 Å². The molecule has 3 heteroatoms. The van der Waals surface area contributed by atoms with E-state index in [4.69, 9.17) is 0 Å². The summed E-state index contributed by atoms with van der Waals surface area (Å²) in [6, 6.07) is 6.46. The first-order valence-corrected chi connectivity index (χ1v) is 7.06. The first-order valence-electron chi connectivity index (χ1n) is 7.06. The van der Waals surface area contributed by atoms with Gasteiger partial charge in [-0.1, -0.05) is 18.2 Å². The summed E-state index contributed by atoms with van der Waals surface area (Å²) < 4.78 is 26.5. The predicted molar refractivity (Wildman–Crippen MR) is 74.6 cm³/mol. The third kappa shape index (κ3) is 3.14. The van der Waals surface area contributed by atoms with Gasteiger partial charge in [0.25, 0.3) is 0 Å². The highest BCUT2D eigenvalue weighted by Gasteiger charge is 2.37. The zero-order chi connectivity index (χ0) is 14.0. The van der Waals surface area contributed by atoms with Crippen molar-refractivity contribution in [3.63, 3.8) is 0 Å². The second-order valence-corrected chi connectivity index (χ2v) is 5.75. The summed E-state index contributed by atoms with van der Waals surface area (Å²) in [5.41, 5.74) is 3.80. The molecule has 1 aliphatic carbocycles. The first kappa shape index (κ1) is 14.4. The third-order valence-corrected chi connectivity index (χ3v) is 4.53. The number of benzene rings is 1. The minimum Gasteiger partial charge on any atom is -0.313 e. The summed E-state index contributed by atoms with van der Waals surface area (Å²) in [4.78, 5) is 0. The van der Waals surface area contributed by atoms with Gasteiger partial charge in [0.05, 0.1) is 0 Å². The van der Waals surface area contributed by atoms with Crippen molar-refractivity contribution in [2.75, 3.05) is 7.05 Å². The van der Waals surface area contributed by atoms with Crippen LogP contribution in [0.25, 0.3) is 0 Å².